The molecule has 0 radical (unpaired) electrons. The van der Waals surface area contributed by atoms with Gasteiger partial charge in [-0.15, -0.1) is 11.8 Å². The molecule has 2 heterocycles. The summed E-state index contributed by atoms with van der Waals surface area (Å²) in [5, 5.41) is 0.565. The van der Waals surface area contributed by atoms with Crippen molar-refractivity contribution in [1.82, 2.24) is 0 Å². The summed E-state index contributed by atoms with van der Waals surface area (Å²) in [4.78, 5) is 1.43. The summed E-state index contributed by atoms with van der Waals surface area (Å²) in [5.41, 5.74) is 7.93. The van der Waals surface area contributed by atoms with E-state index in [1.807, 2.05) is 11.8 Å². The third-order valence-corrected chi connectivity index (χ3v) is 5.35. The van der Waals surface area contributed by atoms with Gasteiger partial charge < -0.3 is 10.5 Å². The molecule has 2 aliphatic rings. The molecular weight excluding hydrogens is 230 g/mol. The molecule has 17 heavy (non-hydrogen) atoms. The van der Waals surface area contributed by atoms with Gasteiger partial charge in [-0.2, -0.15) is 0 Å². The van der Waals surface area contributed by atoms with E-state index >= 15 is 0 Å². The van der Waals surface area contributed by atoms with Gasteiger partial charge in [0.1, 0.15) is 0 Å². The molecule has 0 bridgehead atoms. The maximum Gasteiger partial charge on any atom is 0.0469 e. The van der Waals surface area contributed by atoms with Crippen LogP contribution in [0.5, 0.6) is 0 Å². The van der Waals surface area contributed by atoms with Gasteiger partial charge in [0.2, 0.25) is 0 Å². The summed E-state index contributed by atoms with van der Waals surface area (Å²) in [6.07, 6.45) is 3.41. The van der Waals surface area contributed by atoms with E-state index in [0.717, 1.165) is 32.5 Å². The van der Waals surface area contributed by atoms with Gasteiger partial charge >= 0.3 is 0 Å². The highest BCUT2D eigenvalue weighted by Gasteiger charge is 2.32. The lowest BCUT2D eigenvalue weighted by molar-refractivity contribution is 0.0583. The van der Waals surface area contributed by atoms with E-state index in [9.17, 15) is 0 Å². The third kappa shape index (κ3) is 2.37. The fraction of sp³-hybridized carbons (Fsp3) is 0.571. The minimum Gasteiger partial charge on any atom is -0.381 e. The molecule has 2 atom stereocenters. The number of benzene rings is 1. The van der Waals surface area contributed by atoms with Crippen LogP contribution in [0.2, 0.25) is 0 Å². The van der Waals surface area contributed by atoms with Crippen LogP contribution in [0.4, 0.5) is 0 Å². The smallest absolute Gasteiger partial charge is 0.0469 e. The fourth-order valence-corrected chi connectivity index (χ4v) is 4.26. The van der Waals surface area contributed by atoms with Crippen LogP contribution in [0.15, 0.2) is 29.2 Å². The number of hydrogen-bond donors (Lipinski definition) is 1. The Morgan fingerprint density at radius 3 is 2.76 bits per heavy atom. The molecule has 3 rings (SSSR count). The molecule has 0 saturated carbocycles. The number of fused-ring (bicyclic) bond motifs is 1. The summed E-state index contributed by atoms with van der Waals surface area (Å²) in [7, 11) is 0. The fourth-order valence-electron chi connectivity index (χ4n) is 2.83. The second kappa shape index (κ2) is 5.01. The maximum absolute atomic E-state index is 6.46. The van der Waals surface area contributed by atoms with Crippen LogP contribution >= 0.6 is 11.8 Å². The number of hydrogen-bond acceptors (Lipinski definition) is 3. The highest BCUT2D eigenvalue weighted by molar-refractivity contribution is 8.00. The van der Waals surface area contributed by atoms with Crippen molar-refractivity contribution in [3.8, 4) is 0 Å². The minimum atomic E-state index is 0.316. The Kier molecular flexibility index (Phi) is 3.41. The van der Waals surface area contributed by atoms with E-state index in [-0.39, 0.29) is 0 Å². The molecule has 1 saturated heterocycles. The minimum absolute atomic E-state index is 0.316. The molecule has 0 spiro atoms. The largest absolute Gasteiger partial charge is 0.381 e. The van der Waals surface area contributed by atoms with Crippen LogP contribution in [-0.2, 0) is 11.2 Å². The van der Waals surface area contributed by atoms with E-state index in [2.05, 4.69) is 24.3 Å². The zero-order valence-corrected chi connectivity index (χ0v) is 10.8. The predicted octanol–water partition coefficient (Wildman–Crippen LogP) is 2.46. The number of nitrogens with two attached hydrogens (primary N) is 1. The van der Waals surface area contributed by atoms with Crippen molar-refractivity contribution < 1.29 is 4.74 Å². The van der Waals surface area contributed by atoms with Crippen molar-refractivity contribution in [1.29, 1.82) is 0 Å². The van der Waals surface area contributed by atoms with Crippen LogP contribution in [0.1, 0.15) is 18.4 Å². The van der Waals surface area contributed by atoms with E-state index in [4.69, 9.17) is 10.5 Å². The zero-order valence-electron chi connectivity index (χ0n) is 9.97. The van der Waals surface area contributed by atoms with E-state index in [1.165, 1.54) is 10.5 Å². The van der Waals surface area contributed by atoms with Gasteiger partial charge in [0.05, 0.1) is 0 Å². The van der Waals surface area contributed by atoms with Gasteiger partial charge in [-0.1, -0.05) is 18.2 Å². The van der Waals surface area contributed by atoms with Crippen molar-refractivity contribution >= 4 is 11.8 Å². The maximum atomic E-state index is 6.46. The Bertz CT molecular complexity index is 365. The van der Waals surface area contributed by atoms with Crippen molar-refractivity contribution in [2.45, 2.75) is 35.4 Å². The van der Waals surface area contributed by atoms with Gasteiger partial charge in [-0.05, 0) is 36.8 Å². The van der Waals surface area contributed by atoms with E-state index < -0.39 is 0 Å². The topological polar surface area (TPSA) is 35.2 Å². The van der Waals surface area contributed by atoms with Gasteiger partial charge in [-0.3, -0.25) is 0 Å². The van der Waals surface area contributed by atoms with Crippen molar-refractivity contribution in [3.63, 3.8) is 0 Å². The number of thioether (sulfide) groups is 1. The lowest BCUT2D eigenvalue weighted by Crippen LogP contribution is -2.42. The molecule has 2 nitrogen and oxygen atoms in total. The first-order chi connectivity index (χ1) is 8.34. The zero-order chi connectivity index (χ0) is 11.7. The Hall–Kier alpha value is -0.510. The van der Waals surface area contributed by atoms with Gasteiger partial charge in [0, 0.05) is 29.4 Å². The monoisotopic (exact) mass is 249 g/mol. The van der Waals surface area contributed by atoms with Crippen LogP contribution in [-0.4, -0.2) is 24.5 Å². The predicted molar refractivity (Wildman–Crippen MR) is 71.3 cm³/mol. The summed E-state index contributed by atoms with van der Waals surface area (Å²) < 4.78 is 5.41. The first-order valence-electron chi connectivity index (χ1n) is 6.42. The lowest BCUT2D eigenvalue weighted by Gasteiger charge is -2.30. The number of rotatable bonds is 2. The van der Waals surface area contributed by atoms with Crippen molar-refractivity contribution in [2.75, 3.05) is 13.2 Å². The summed E-state index contributed by atoms with van der Waals surface area (Å²) >= 11 is 1.97. The van der Waals surface area contributed by atoms with Crippen LogP contribution in [0, 0.1) is 5.92 Å². The van der Waals surface area contributed by atoms with Crippen LogP contribution < -0.4 is 5.73 Å². The second-order valence-electron chi connectivity index (χ2n) is 5.00. The highest BCUT2D eigenvalue weighted by Crippen LogP contribution is 2.40. The second-order valence-corrected chi connectivity index (χ2v) is 6.28. The molecule has 1 aromatic carbocycles. The van der Waals surface area contributed by atoms with Crippen LogP contribution in [0.25, 0.3) is 0 Å². The first-order valence-corrected chi connectivity index (χ1v) is 7.30. The third-order valence-electron chi connectivity index (χ3n) is 3.91. The Labute approximate surface area is 107 Å². The molecular formula is C14H19NOS. The standard InChI is InChI=1S/C14H19NOS/c15-14(10-5-7-16-8-6-10)13-9-11-3-1-2-4-12(11)17-13/h1-4,10,13-14H,5-9,15H2. The van der Waals surface area contributed by atoms with Crippen molar-refractivity contribution in [2.24, 2.45) is 11.7 Å². The molecule has 0 aliphatic carbocycles. The van der Waals surface area contributed by atoms with Gasteiger partial charge in [0.15, 0.2) is 0 Å². The Morgan fingerprint density at radius 1 is 1.24 bits per heavy atom. The molecule has 0 aromatic heterocycles. The van der Waals surface area contributed by atoms with Gasteiger partial charge in [0.25, 0.3) is 0 Å². The number of ether oxygens (including phenoxy) is 1. The SMILES string of the molecule is NC(C1CCOCC1)C1Cc2ccccc2S1. The van der Waals surface area contributed by atoms with E-state index in [1.54, 1.807) is 0 Å². The normalized spacial score (nSPS) is 26.8. The summed E-state index contributed by atoms with van der Waals surface area (Å²) in [5.74, 6) is 0.649. The molecule has 1 aromatic rings. The highest BCUT2D eigenvalue weighted by atomic mass is 32.2. The van der Waals surface area contributed by atoms with E-state index in [0.29, 0.717) is 17.2 Å². The Balaban J connectivity index is 1.67. The first kappa shape index (κ1) is 11.6. The molecule has 1 fully saturated rings. The summed E-state index contributed by atoms with van der Waals surface area (Å²) in [6.45, 7) is 1.78. The lowest BCUT2D eigenvalue weighted by atomic mass is 9.88. The average Bonchev–Trinajstić information content (AvgIpc) is 2.82. The molecule has 2 unspecified atom stereocenters. The summed E-state index contributed by atoms with van der Waals surface area (Å²) in [6, 6.07) is 9.02. The molecule has 2 N–H and O–H groups in total. The average molecular weight is 249 g/mol. The molecule has 0 amide bonds. The van der Waals surface area contributed by atoms with Gasteiger partial charge in [-0.25, -0.2) is 0 Å². The molecule has 92 valence electrons. The molecule has 3 heteroatoms. The molecule has 2 aliphatic heterocycles. The Morgan fingerprint density at radius 2 is 2.00 bits per heavy atom. The van der Waals surface area contributed by atoms with Crippen LogP contribution in [0.3, 0.4) is 0 Å². The quantitative estimate of drug-likeness (QED) is 0.874. The van der Waals surface area contributed by atoms with Crippen molar-refractivity contribution in [3.05, 3.63) is 29.8 Å².